The molecule has 1 unspecified atom stereocenters. The van der Waals surface area contributed by atoms with Gasteiger partial charge in [-0.1, -0.05) is 6.08 Å². The zero-order valence-electron chi connectivity index (χ0n) is 14.9. The van der Waals surface area contributed by atoms with Crippen molar-refractivity contribution in [2.45, 2.75) is 44.9 Å². The predicted octanol–water partition coefficient (Wildman–Crippen LogP) is 2.15. The van der Waals surface area contributed by atoms with Crippen LogP contribution >= 0.6 is 0 Å². The molecule has 0 saturated carbocycles. The van der Waals surface area contributed by atoms with Gasteiger partial charge in [-0.25, -0.2) is 4.98 Å². The van der Waals surface area contributed by atoms with Crippen molar-refractivity contribution in [3.05, 3.63) is 30.9 Å². The monoisotopic (exact) mass is 344 g/mol. The number of aromatic nitrogens is 2. The number of likely N-dealkylation sites (tertiary alicyclic amines) is 2. The smallest absolute Gasteiger partial charge is 0.222 e. The van der Waals surface area contributed by atoms with Gasteiger partial charge in [-0.05, 0) is 25.7 Å². The SMILES string of the molecule is C=CCCC(=O)N1CCCC2(CCC(=O)N(CCc3cnc[nH]3)C2)C1. The van der Waals surface area contributed by atoms with E-state index in [1.54, 1.807) is 12.4 Å². The lowest BCUT2D eigenvalue weighted by atomic mass is 9.73. The average molecular weight is 344 g/mol. The van der Waals surface area contributed by atoms with Crippen molar-refractivity contribution < 1.29 is 9.59 Å². The fraction of sp³-hybridized carbons (Fsp3) is 0.632. The number of aromatic amines is 1. The highest BCUT2D eigenvalue weighted by Gasteiger charge is 2.42. The molecule has 0 aromatic carbocycles. The Bertz CT molecular complexity index is 613. The van der Waals surface area contributed by atoms with Gasteiger partial charge in [0.05, 0.1) is 6.33 Å². The third-order valence-corrected chi connectivity index (χ3v) is 5.53. The molecule has 6 heteroatoms. The van der Waals surface area contributed by atoms with Gasteiger partial charge < -0.3 is 14.8 Å². The normalized spacial score (nSPS) is 23.9. The fourth-order valence-electron chi connectivity index (χ4n) is 4.12. The second-order valence-corrected chi connectivity index (χ2v) is 7.39. The van der Waals surface area contributed by atoms with Crippen LogP contribution in [-0.2, 0) is 16.0 Å². The maximum absolute atomic E-state index is 12.4. The van der Waals surface area contributed by atoms with Crippen LogP contribution in [0.15, 0.2) is 25.2 Å². The number of allylic oxidation sites excluding steroid dienone is 1. The molecule has 1 aromatic heterocycles. The van der Waals surface area contributed by atoms with Crippen molar-refractivity contribution >= 4 is 11.8 Å². The van der Waals surface area contributed by atoms with E-state index in [9.17, 15) is 9.59 Å². The Kier molecular flexibility index (Phi) is 5.56. The highest BCUT2D eigenvalue weighted by Crippen LogP contribution is 2.39. The minimum atomic E-state index is 0.0734. The van der Waals surface area contributed by atoms with Crippen molar-refractivity contribution in [2.24, 2.45) is 5.41 Å². The quantitative estimate of drug-likeness (QED) is 0.804. The largest absolute Gasteiger partial charge is 0.348 e. The molecule has 25 heavy (non-hydrogen) atoms. The van der Waals surface area contributed by atoms with Crippen molar-refractivity contribution in [1.82, 2.24) is 19.8 Å². The molecule has 1 aromatic rings. The summed E-state index contributed by atoms with van der Waals surface area (Å²) in [5.74, 6) is 0.458. The number of hydrogen-bond donors (Lipinski definition) is 1. The summed E-state index contributed by atoms with van der Waals surface area (Å²) in [6.45, 7) is 6.82. The van der Waals surface area contributed by atoms with E-state index in [2.05, 4.69) is 16.5 Å². The molecule has 6 nitrogen and oxygen atoms in total. The van der Waals surface area contributed by atoms with E-state index in [1.165, 1.54) is 0 Å². The first-order chi connectivity index (χ1) is 12.1. The number of H-pyrrole nitrogens is 1. The van der Waals surface area contributed by atoms with E-state index in [0.717, 1.165) is 57.4 Å². The van der Waals surface area contributed by atoms with Crippen LogP contribution in [0.2, 0.25) is 0 Å². The van der Waals surface area contributed by atoms with Crippen LogP contribution in [0.3, 0.4) is 0 Å². The Morgan fingerprint density at radius 1 is 1.40 bits per heavy atom. The average Bonchev–Trinajstić information content (AvgIpc) is 3.14. The van der Waals surface area contributed by atoms with Crippen LogP contribution in [0.1, 0.15) is 44.2 Å². The lowest BCUT2D eigenvalue weighted by Gasteiger charge is -2.48. The van der Waals surface area contributed by atoms with Gasteiger partial charge in [0.2, 0.25) is 11.8 Å². The van der Waals surface area contributed by atoms with Gasteiger partial charge in [0.15, 0.2) is 0 Å². The molecule has 2 amide bonds. The standard InChI is InChI=1S/C19H28N4O2/c1-2-3-5-17(24)22-10-4-8-19(13-22)9-6-18(25)23(14-19)11-7-16-12-20-15-21-16/h2,12,15H,1,3-11,13-14H2,(H,20,21). The molecule has 0 bridgehead atoms. The first-order valence-corrected chi connectivity index (χ1v) is 9.26. The summed E-state index contributed by atoms with van der Waals surface area (Å²) in [4.78, 5) is 35.9. The Morgan fingerprint density at radius 3 is 3.04 bits per heavy atom. The number of nitrogens with one attached hydrogen (secondary N) is 1. The van der Waals surface area contributed by atoms with Crippen LogP contribution in [0.4, 0.5) is 0 Å². The van der Waals surface area contributed by atoms with Crippen molar-refractivity contribution in [2.75, 3.05) is 26.2 Å². The Balaban J connectivity index is 1.61. The zero-order chi connectivity index (χ0) is 17.7. The summed E-state index contributed by atoms with van der Waals surface area (Å²) in [5, 5.41) is 0. The van der Waals surface area contributed by atoms with Crippen LogP contribution in [0, 0.1) is 5.41 Å². The van der Waals surface area contributed by atoms with Crippen LogP contribution < -0.4 is 0 Å². The number of hydrogen-bond acceptors (Lipinski definition) is 3. The molecule has 2 fully saturated rings. The first-order valence-electron chi connectivity index (χ1n) is 9.26. The Hall–Kier alpha value is -2.11. The van der Waals surface area contributed by atoms with Crippen LogP contribution in [0.5, 0.6) is 0 Å². The first kappa shape index (κ1) is 17.7. The Morgan fingerprint density at radius 2 is 2.28 bits per heavy atom. The number of imidazole rings is 1. The summed E-state index contributed by atoms with van der Waals surface area (Å²) in [6.07, 6.45) is 11.0. The molecule has 1 N–H and O–H groups in total. The van der Waals surface area contributed by atoms with Gasteiger partial charge in [-0.2, -0.15) is 0 Å². The molecule has 3 heterocycles. The summed E-state index contributed by atoms with van der Waals surface area (Å²) in [6, 6.07) is 0. The second kappa shape index (κ2) is 7.85. The molecule has 1 atom stereocenters. The van der Waals surface area contributed by atoms with E-state index in [1.807, 2.05) is 16.0 Å². The number of amides is 2. The van der Waals surface area contributed by atoms with Crippen molar-refractivity contribution in [1.29, 1.82) is 0 Å². The highest BCUT2D eigenvalue weighted by molar-refractivity contribution is 5.78. The number of piperidine rings is 2. The summed E-state index contributed by atoms with van der Waals surface area (Å²) >= 11 is 0. The zero-order valence-corrected chi connectivity index (χ0v) is 14.9. The van der Waals surface area contributed by atoms with Gasteiger partial charge in [-0.3, -0.25) is 9.59 Å². The van der Waals surface area contributed by atoms with Gasteiger partial charge in [0, 0.05) is 62.7 Å². The van der Waals surface area contributed by atoms with Gasteiger partial charge in [0.25, 0.3) is 0 Å². The highest BCUT2D eigenvalue weighted by atomic mass is 16.2. The summed E-state index contributed by atoms with van der Waals surface area (Å²) in [7, 11) is 0. The minimum absolute atomic E-state index is 0.0734. The summed E-state index contributed by atoms with van der Waals surface area (Å²) < 4.78 is 0. The second-order valence-electron chi connectivity index (χ2n) is 7.39. The fourth-order valence-corrected chi connectivity index (χ4v) is 4.12. The number of carbonyl (C=O) groups is 2. The predicted molar refractivity (Wildman–Crippen MR) is 95.8 cm³/mol. The molecule has 2 aliphatic heterocycles. The Labute approximate surface area is 149 Å². The molecule has 0 aliphatic carbocycles. The van der Waals surface area contributed by atoms with E-state index in [4.69, 9.17) is 0 Å². The van der Waals surface area contributed by atoms with Gasteiger partial charge >= 0.3 is 0 Å². The molecular weight excluding hydrogens is 316 g/mol. The van der Waals surface area contributed by atoms with E-state index >= 15 is 0 Å². The third-order valence-electron chi connectivity index (χ3n) is 5.53. The lowest BCUT2D eigenvalue weighted by molar-refractivity contribution is -0.143. The maximum Gasteiger partial charge on any atom is 0.222 e. The topological polar surface area (TPSA) is 69.3 Å². The van der Waals surface area contributed by atoms with Crippen LogP contribution in [0.25, 0.3) is 0 Å². The minimum Gasteiger partial charge on any atom is -0.348 e. The number of rotatable bonds is 6. The molecule has 2 saturated heterocycles. The molecule has 3 rings (SSSR count). The molecule has 0 radical (unpaired) electrons. The van der Waals surface area contributed by atoms with E-state index < -0.39 is 0 Å². The molecular formula is C19H28N4O2. The molecule has 2 aliphatic rings. The van der Waals surface area contributed by atoms with E-state index in [0.29, 0.717) is 19.4 Å². The molecule has 1 spiro atoms. The van der Waals surface area contributed by atoms with Crippen LogP contribution in [-0.4, -0.2) is 57.8 Å². The molecule has 136 valence electrons. The van der Waals surface area contributed by atoms with E-state index in [-0.39, 0.29) is 17.2 Å². The van der Waals surface area contributed by atoms with Gasteiger partial charge in [-0.15, -0.1) is 6.58 Å². The third kappa shape index (κ3) is 4.30. The lowest BCUT2D eigenvalue weighted by Crippen LogP contribution is -2.55. The summed E-state index contributed by atoms with van der Waals surface area (Å²) in [5.41, 5.74) is 1.13. The maximum atomic E-state index is 12.4. The van der Waals surface area contributed by atoms with Crippen molar-refractivity contribution in [3.8, 4) is 0 Å². The van der Waals surface area contributed by atoms with Crippen molar-refractivity contribution in [3.63, 3.8) is 0 Å². The number of carbonyl (C=O) groups excluding carboxylic acids is 2. The number of nitrogens with zero attached hydrogens (tertiary/aromatic N) is 3. The van der Waals surface area contributed by atoms with Gasteiger partial charge in [0.1, 0.15) is 0 Å².